The molecule has 13 aromatic rings. The Labute approximate surface area is 376 Å². The van der Waals surface area contributed by atoms with E-state index in [1.54, 1.807) is 0 Å². The summed E-state index contributed by atoms with van der Waals surface area (Å²) in [6.45, 7) is 0. The predicted octanol–water partition coefficient (Wildman–Crippen LogP) is 16.2. The molecule has 0 amide bonds. The second kappa shape index (κ2) is 14.8. The average molecular weight is 854 g/mol. The van der Waals surface area contributed by atoms with Crippen molar-refractivity contribution in [2.45, 2.75) is 0 Å². The van der Waals surface area contributed by atoms with Gasteiger partial charge in [0.2, 0.25) is 5.95 Å². The number of fused-ring (bicyclic) bond motifs is 11. The fourth-order valence-corrected chi connectivity index (χ4v) is 11.7. The van der Waals surface area contributed by atoms with Crippen molar-refractivity contribution >= 4 is 102 Å². The number of benzene rings is 9. The van der Waals surface area contributed by atoms with E-state index in [4.69, 9.17) is 15.0 Å². The molecule has 4 heterocycles. The van der Waals surface area contributed by atoms with E-state index in [2.05, 4.69) is 143 Å². The van der Waals surface area contributed by atoms with Gasteiger partial charge in [-0.2, -0.15) is 9.97 Å². The first-order valence-corrected chi connectivity index (χ1v) is 23.0. The molecule has 300 valence electrons. The molecule has 0 N–H and O–H groups in total. The quantitative estimate of drug-likeness (QED) is 0.160. The summed E-state index contributed by atoms with van der Waals surface area (Å²) in [6, 6.07) is 75.2. The minimum Gasteiger partial charge on any atom is -0.309 e. The molecule has 0 fully saturated rings. The fraction of sp³-hybridized carbons (Fsp3) is 0. The molecule has 0 atom stereocenters. The lowest BCUT2D eigenvalue weighted by Gasteiger charge is -2.24. The van der Waals surface area contributed by atoms with E-state index >= 15 is 0 Å². The molecule has 64 heavy (non-hydrogen) atoms. The molecule has 0 aliphatic carbocycles. The van der Waals surface area contributed by atoms with Crippen LogP contribution >= 0.6 is 22.7 Å². The first kappa shape index (κ1) is 36.7. The minimum atomic E-state index is 0.544. The summed E-state index contributed by atoms with van der Waals surface area (Å²) >= 11 is 3.79. The van der Waals surface area contributed by atoms with Crippen LogP contribution in [-0.2, 0) is 0 Å². The molecule has 0 unspecified atom stereocenters. The highest BCUT2D eigenvalue weighted by atomic mass is 32.1. The molecule has 7 heteroatoms. The first-order valence-electron chi connectivity index (χ1n) is 21.4. The normalized spacial score (nSPS) is 11.8. The van der Waals surface area contributed by atoms with E-state index in [1.165, 1.54) is 62.2 Å². The lowest BCUT2D eigenvalue weighted by atomic mass is 10.0. The number of rotatable bonds is 7. The average Bonchev–Trinajstić information content (AvgIpc) is 4.05. The summed E-state index contributed by atoms with van der Waals surface area (Å²) in [7, 11) is 0. The van der Waals surface area contributed by atoms with Crippen LogP contribution < -0.4 is 4.90 Å². The Hall–Kier alpha value is -7.97. The molecule has 0 aliphatic rings. The van der Waals surface area contributed by atoms with Gasteiger partial charge in [-0.15, -0.1) is 22.7 Å². The third-order valence-corrected chi connectivity index (χ3v) is 14.6. The number of thiophene rings is 2. The molecule has 9 aromatic carbocycles. The second-order valence-electron chi connectivity index (χ2n) is 16.0. The summed E-state index contributed by atoms with van der Waals surface area (Å²) in [5.74, 6) is 1.78. The van der Waals surface area contributed by atoms with E-state index in [0.29, 0.717) is 17.6 Å². The number of anilines is 3. The smallest absolute Gasteiger partial charge is 0.238 e. The highest BCUT2D eigenvalue weighted by molar-refractivity contribution is 7.27. The molecule has 0 spiro atoms. The van der Waals surface area contributed by atoms with Gasteiger partial charge in [-0.25, -0.2) is 4.98 Å². The highest BCUT2D eigenvalue weighted by Crippen LogP contribution is 2.48. The van der Waals surface area contributed by atoms with Gasteiger partial charge in [-0.3, -0.25) is 4.90 Å². The Bertz CT molecular complexity index is 3820. The summed E-state index contributed by atoms with van der Waals surface area (Å²) in [4.78, 5) is 17.3. The Morgan fingerprint density at radius 2 is 0.875 bits per heavy atom. The van der Waals surface area contributed by atoms with Crippen molar-refractivity contribution in [1.29, 1.82) is 0 Å². The van der Waals surface area contributed by atoms with Crippen molar-refractivity contribution in [2.75, 3.05) is 4.90 Å². The number of aromatic nitrogens is 4. The number of hydrogen-bond acceptors (Lipinski definition) is 6. The molecule has 13 rings (SSSR count). The summed E-state index contributed by atoms with van der Waals surface area (Å²) in [5.41, 5.74) is 9.59. The van der Waals surface area contributed by atoms with Crippen LogP contribution in [0.4, 0.5) is 17.3 Å². The molecule has 5 nitrogen and oxygen atoms in total. The van der Waals surface area contributed by atoms with Crippen LogP contribution in [-0.4, -0.2) is 19.5 Å². The molecular weight excluding hydrogens is 819 g/mol. The third-order valence-electron chi connectivity index (χ3n) is 12.3. The lowest BCUT2D eigenvalue weighted by Crippen LogP contribution is -2.15. The van der Waals surface area contributed by atoms with Crippen LogP contribution in [0.1, 0.15) is 0 Å². The molecular formula is C57H35N5S2. The Morgan fingerprint density at radius 1 is 0.344 bits per heavy atom. The molecule has 0 radical (unpaired) electrons. The monoisotopic (exact) mass is 853 g/mol. The number of hydrogen-bond donors (Lipinski definition) is 0. The number of para-hydroxylation sites is 1. The van der Waals surface area contributed by atoms with Gasteiger partial charge >= 0.3 is 0 Å². The summed E-state index contributed by atoms with van der Waals surface area (Å²) in [5, 5.41) is 7.95. The summed E-state index contributed by atoms with van der Waals surface area (Å²) < 4.78 is 7.76. The maximum atomic E-state index is 5.10. The topological polar surface area (TPSA) is 46.8 Å². The van der Waals surface area contributed by atoms with Crippen LogP contribution in [0.5, 0.6) is 0 Å². The van der Waals surface area contributed by atoms with E-state index in [1.807, 2.05) is 102 Å². The minimum absolute atomic E-state index is 0.544. The van der Waals surface area contributed by atoms with Crippen molar-refractivity contribution in [2.24, 2.45) is 0 Å². The third kappa shape index (κ3) is 5.93. The highest BCUT2D eigenvalue weighted by Gasteiger charge is 2.23. The Kier molecular flexibility index (Phi) is 8.50. The Balaban J connectivity index is 0.925. The molecule has 4 aromatic heterocycles. The predicted molar refractivity (Wildman–Crippen MR) is 271 cm³/mol. The largest absolute Gasteiger partial charge is 0.309 e. The van der Waals surface area contributed by atoms with Crippen molar-refractivity contribution in [3.63, 3.8) is 0 Å². The standard InChI is InChI=1S/C57H35N5S2/c1-4-14-38(15-5-1)55-58-56(39-16-6-2-7-17-39)60-57(59-55)61(40-18-8-3-9-19-40)41-28-24-36(25-29-41)37-26-30-42(31-27-37)62-46-34-35-50-51(45-21-11-13-23-49(45)63-50)52(46)53-47(62)33-32-44-43-20-10-12-22-48(43)64-54(44)53/h1-35H. The van der Waals surface area contributed by atoms with Crippen molar-refractivity contribution in [3.05, 3.63) is 212 Å². The van der Waals surface area contributed by atoms with Gasteiger partial charge in [-0.05, 0) is 77.9 Å². The van der Waals surface area contributed by atoms with Gasteiger partial charge in [0.1, 0.15) is 0 Å². The second-order valence-corrected chi connectivity index (χ2v) is 18.1. The molecule has 0 bridgehead atoms. The van der Waals surface area contributed by atoms with Gasteiger partial charge in [0, 0.05) is 79.3 Å². The maximum absolute atomic E-state index is 5.10. The van der Waals surface area contributed by atoms with Crippen LogP contribution in [0, 0.1) is 0 Å². The zero-order valence-electron chi connectivity index (χ0n) is 34.3. The van der Waals surface area contributed by atoms with Gasteiger partial charge in [-0.1, -0.05) is 146 Å². The fourth-order valence-electron chi connectivity index (χ4n) is 9.32. The van der Waals surface area contributed by atoms with Crippen LogP contribution in [0.25, 0.3) is 102 Å². The van der Waals surface area contributed by atoms with Gasteiger partial charge in [0.15, 0.2) is 11.6 Å². The van der Waals surface area contributed by atoms with E-state index in [-0.39, 0.29) is 0 Å². The van der Waals surface area contributed by atoms with Crippen molar-refractivity contribution in [3.8, 4) is 39.6 Å². The van der Waals surface area contributed by atoms with E-state index in [0.717, 1.165) is 39.3 Å². The number of nitrogens with zero attached hydrogens (tertiary/aromatic N) is 5. The summed E-state index contributed by atoms with van der Waals surface area (Å²) in [6.07, 6.45) is 0. The van der Waals surface area contributed by atoms with Gasteiger partial charge < -0.3 is 4.57 Å². The Morgan fingerprint density at radius 3 is 1.55 bits per heavy atom. The first-order chi connectivity index (χ1) is 31.7. The maximum Gasteiger partial charge on any atom is 0.238 e. The zero-order valence-corrected chi connectivity index (χ0v) is 35.9. The molecule has 0 saturated carbocycles. The van der Waals surface area contributed by atoms with Crippen molar-refractivity contribution in [1.82, 2.24) is 19.5 Å². The van der Waals surface area contributed by atoms with Crippen molar-refractivity contribution < 1.29 is 0 Å². The SMILES string of the molecule is c1ccc(-c2nc(-c3ccccc3)nc(N(c3ccccc3)c3ccc(-c4ccc(-n5c6ccc7c8ccccc8sc7c6c6c7c(ccc65)sc5ccccc57)cc4)cc3)n2)cc1. The van der Waals surface area contributed by atoms with E-state index in [9.17, 15) is 0 Å². The molecule has 0 saturated heterocycles. The zero-order chi connectivity index (χ0) is 42.1. The molecule has 0 aliphatic heterocycles. The lowest BCUT2D eigenvalue weighted by molar-refractivity contribution is 1.02. The van der Waals surface area contributed by atoms with Crippen LogP contribution in [0.15, 0.2) is 212 Å². The van der Waals surface area contributed by atoms with Crippen LogP contribution in [0.3, 0.4) is 0 Å². The van der Waals surface area contributed by atoms with Crippen LogP contribution in [0.2, 0.25) is 0 Å². The van der Waals surface area contributed by atoms with E-state index < -0.39 is 0 Å². The van der Waals surface area contributed by atoms with Gasteiger partial charge in [0.25, 0.3) is 0 Å². The van der Waals surface area contributed by atoms with Gasteiger partial charge in [0.05, 0.1) is 11.0 Å².